The van der Waals surface area contributed by atoms with E-state index in [1.807, 2.05) is 0 Å². The van der Waals surface area contributed by atoms with Gasteiger partial charge in [-0.3, -0.25) is 14.4 Å². The fourth-order valence-corrected chi connectivity index (χ4v) is 1.36. The molecule has 0 rings (SSSR count). The number of carboxylic acids is 1. The zero-order valence-corrected chi connectivity index (χ0v) is 10.9. The summed E-state index contributed by atoms with van der Waals surface area (Å²) in [5.41, 5.74) is 0.362. The summed E-state index contributed by atoms with van der Waals surface area (Å²) < 4.78 is 5.03. The first-order chi connectivity index (χ1) is 8.38. The Bertz CT molecular complexity index is 332. The van der Waals surface area contributed by atoms with E-state index in [0.29, 0.717) is 24.8 Å². The van der Waals surface area contributed by atoms with Crippen molar-refractivity contribution in [3.8, 4) is 0 Å². The molecule has 18 heavy (non-hydrogen) atoms. The van der Waals surface area contributed by atoms with Crippen LogP contribution in [0.15, 0.2) is 12.2 Å². The van der Waals surface area contributed by atoms with Gasteiger partial charge in [0.25, 0.3) is 0 Å². The van der Waals surface area contributed by atoms with Crippen LogP contribution in [0.25, 0.3) is 0 Å². The van der Waals surface area contributed by atoms with E-state index in [-0.39, 0.29) is 18.6 Å². The van der Waals surface area contributed by atoms with Crippen LogP contribution in [0.4, 0.5) is 0 Å². The molecule has 1 atom stereocenters. The lowest BCUT2D eigenvalue weighted by Crippen LogP contribution is -2.27. The Labute approximate surface area is 107 Å². The molecular formula is C13H20O5. The Balaban J connectivity index is 4.01. The van der Waals surface area contributed by atoms with Crippen molar-refractivity contribution in [2.75, 3.05) is 0 Å². The number of aliphatic carboxylic acids is 1. The Kier molecular flexibility index (Phi) is 7.67. The molecule has 0 saturated carbocycles. The fraction of sp³-hybridized carbons (Fsp3) is 0.615. The second-order valence-corrected chi connectivity index (χ2v) is 4.13. The van der Waals surface area contributed by atoms with Gasteiger partial charge in [-0.2, -0.15) is 0 Å². The molecule has 0 bridgehead atoms. The van der Waals surface area contributed by atoms with E-state index in [4.69, 9.17) is 9.84 Å². The van der Waals surface area contributed by atoms with Crippen LogP contribution in [0.3, 0.4) is 0 Å². The summed E-state index contributed by atoms with van der Waals surface area (Å²) in [6.45, 7) is 6.85. The lowest BCUT2D eigenvalue weighted by atomic mass is 10.1. The van der Waals surface area contributed by atoms with Crippen molar-refractivity contribution in [2.45, 2.75) is 52.1 Å². The van der Waals surface area contributed by atoms with Gasteiger partial charge in [0, 0.05) is 12.8 Å². The number of ketones is 1. The highest BCUT2D eigenvalue weighted by atomic mass is 16.5. The molecule has 0 radical (unpaired) electrons. The molecule has 1 unspecified atom stereocenters. The predicted molar refractivity (Wildman–Crippen MR) is 66.1 cm³/mol. The molecule has 0 aliphatic heterocycles. The normalized spacial score (nSPS) is 11.7. The van der Waals surface area contributed by atoms with Crippen molar-refractivity contribution in [2.24, 2.45) is 0 Å². The molecule has 0 aliphatic rings. The predicted octanol–water partition coefficient (Wildman–Crippen LogP) is 2.10. The molecule has 102 valence electrons. The number of ether oxygens (including phenoxy) is 1. The topological polar surface area (TPSA) is 80.7 Å². The van der Waals surface area contributed by atoms with Gasteiger partial charge >= 0.3 is 11.9 Å². The second kappa shape index (κ2) is 8.44. The van der Waals surface area contributed by atoms with E-state index in [1.165, 1.54) is 0 Å². The maximum atomic E-state index is 11.6. The first kappa shape index (κ1) is 16.4. The highest BCUT2D eigenvalue weighted by Gasteiger charge is 2.20. The quantitative estimate of drug-likeness (QED) is 0.388. The third kappa shape index (κ3) is 6.83. The van der Waals surface area contributed by atoms with Gasteiger partial charge in [-0.15, -0.1) is 0 Å². The van der Waals surface area contributed by atoms with Crippen molar-refractivity contribution < 1.29 is 24.2 Å². The highest BCUT2D eigenvalue weighted by molar-refractivity contribution is 5.98. The van der Waals surface area contributed by atoms with Crippen LogP contribution < -0.4 is 0 Å². The lowest BCUT2D eigenvalue weighted by Gasteiger charge is -2.14. The zero-order chi connectivity index (χ0) is 14.1. The number of hydrogen-bond acceptors (Lipinski definition) is 4. The van der Waals surface area contributed by atoms with Gasteiger partial charge in [0.15, 0.2) is 11.9 Å². The number of carbonyl (C=O) groups excluding carboxylic acids is 2. The Hall–Kier alpha value is -1.65. The SMILES string of the molecule is C=C(C)C(=O)C(CC)OC(=O)CCCCC(=O)O. The summed E-state index contributed by atoms with van der Waals surface area (Å²) in [5, 5.41) is 8.43. The molecule has 0 aromatic carbocycles. The first-order valence-corrected chi connectivity index (χ1v) is 5.99. The maximum Gasteiger partial charge on any atom is 0.306 e. The van der Waals surface area contributed by atoms with E-state index in [9.17, 15) is 14.4 Å². The summed E-state index contributed by atoms with van der Waals surface area (Å²) >= 11 is 0. The molecule has 0 aromatic heterocycles. The van der Waals surface area contributed by atoms with E-state index in [2.05, 4.69) is 6.58 Å². The van der Waals surface area contributed by atoms with Gasteiger partial charge in [-0.1, -0.05) is 13.5 Å². The van der Waals surface area contributed by atoms with Crippen molar-refractivity contribution in [3.63, 3.8) is 0 Å². The fourth-order valence-electron chi connectivity index (χ4n) is 1.36. The first-order valence-electron chi connectivity index (χ1n) is 5.99. The summed E-state index contributed by atoms with van der Waals surface area (Å²) in [5.74, 6) is -1.62. The maximum absolute atomic E-state index is 11.6. The third-order valence-electron chi connectivity index (χ3n) is 2.38. The minimum Gasteiger partial charge on any atom is -0.481 e. The minimum atomic E-state index is -0.882. The van der Waals surface area contributed by atoms with E-state index in [1.54, 1.807) is 13.8 Å². The molecule has 0 saturated heterocycles. The monoisotopic (exact) mass is 256 g/mol. The van der Waals surface area contributed by atoms with Crippen LogP contribution in [0.1, 0.15) is 46.0 Å². The molecular weight excluding hydrogens is 236 g/mol. The van der Waals surface area contributed by atoms with Crippen LogP contribution in [-0.4, -0.2) is 28.9 Å². The Morgan fingerprint density at radius 3 is 2.22 bits per heavy atom. The van der Waals surface area contributed by atoms with Gasteiger partial charge < -0.3 is 9.84 Å². The zero-order valence-electron chi connectivity index (χ0n) is 10.9. The standard InChI is InChI=1S/C13H20O5/c1-4-10(13(17)9(2)3)18-12(16)8-6-5-7-11(14)15/h10H,2,4-8H2,1,3H3,(H,14,15). The number of hydrogen-bond donors (Lipinski definition) is 1. The van der Waals surface area contributed by atoms with Crippen molar-refractivity contribution in [1.82, 2.24) is 0 Å². The Morgan fingerprint density at radius 2 is 1.78 bits per heavy atom. The van der Waals surface area contributed by atoms with Gasteiger partial charge in [0.2, 0.25) is 0 Å². The number of unbranched alkanes of at least 4 members (excludes halogenated alkanes) is 1. The Morgan fingerprint density at radius 1 is 1.22 bits per heavy atom. The molecule has 0 amide bonds. The lowest BCUT2D eigenvalue weighted by molar-refractivity contribution is -0.154. The number of carboxylic acid groups (broad SMARTS) is 1. The second-order valence-electron chi connectivity index (χ2n) is 4.13. The summed E-state index contributed by atoms with van der Waals surface area (Å²) in [4.78, 5) is 33.3. The van der Waals surface area contributed by atoms with Crippen LogP contribution in [-0.2, 0) is 19.1 Å². The van der Waals surface area contributed by atoms with Gasteiger partial charge in [0.1, 0.15) is 0 Å². The highest BCUT2D eigenvalue weighted by Crippen LogP contribution is 2.09. The molecule has 0 heterocycles. The summed E-state index contributed by atoms with van der Waals surface area (Å²) in [6.07, 6.45) is 0.683. The smallest absolute Gasteiger partial charge is 0.306 e. The molecule has 0 aromatic rings. The van der Waals surface area contributed by atoms with Crippen LogP contribution in [0.2, 0.25) is 0 Å². The van der Waals surface area contributed by atoms with Crippen molar-refractivity contribution in [1.29, 1.82) is 0 Å². The summed E-state index contributed by atoms with van der Waals surface area (Å²) in [6, 6.07) is 0. The van der Waals surface area contributed by atoms with Gasteiger partial charge in [0.05, 0.1) is 0 Å². The van der Waals surface area contributed by atoms with E-state index >= 15 is 0 Å². The van der Waals surface area contributed by atoms with E-state index < -0.39 is 18.0 Å². The molecule has 5 nitrogen and oxygen atoms in total. The molecule has 0 spiro atoms. The average Bonchev–Trinajstić information content (AvgIpc) is 2.30. The van der Waals surface area contributed by atoms with Gasteiger partial charge in [-0.25, -0.2) is 0 Å². The number of carbonyl (C=O) groups is 3. The van der Waals surface area contributed by atoms with Crippen molar-refractivity contribution in [3.05, 3.63) is 12.2 Å². The number of rotatable bonds is 9. The third-order valence-corrected chi connectivity index (χ3v) is 2.38. The van der Waals surface area contributed by atoms with Crippen LogP contribution in [0.5, 0.6) is 0 Å². The average molecular weight is 256 g/mol. The van der Waals surface area contributed by atoms with Crippen molar-refractivity contribution >= 4 is 17.7 Å². The summed E-state index contributed by atoms with van der Waals surface area (Å²) in [7, 11) is 0. The molecule has 5 heteroatoms. The molecule has 1 N–H and O–H groups in total. The molecule has 0 fully saturated rings. The largest absolute Gasteiger partial charge is 0.481 e. The van der Waals surface area contributed by atoms with Gasteiger partial charge in [-0.05, 0) is 31.8 Å². The molecule has 0 aliphatic carbocycles. The number of esters is 1. The minimum absolute atomic E-state index is 0.0369. The van der Waals surface area contributed by atoms with Crippen LogP contribution in [0, 0.1) is 0 Å². The van der Waals surface area contributed by atoms with E-state index in [0.717, 1.165) is 0 Å². The van der Waals surface area contributed by atoms with Crippen LogP contribution >= 0.6 is 0 Å². The number of Topliss-reactive ketones (excluding diaryl/α,β-unsaturated/α-hetero) is 1.